The molecule has 0 fully saturated rings. The number of carbonyl (C=O) groups excluding carboxylic acids is 3. The molecule has 8 nitrogen and oxygen atoms in total. The number of aliphatic imine (C=N–C) groups is 1. The van der Waals surface area contributed by atoms with Crippen molar-refractivity contribution in [1.29, 1.82) is 0 Å². The molecule has 0 aromatic heterocycles. The zero-order valence-corrected chi connectivity index (χ0v) is 23.1. The van der Waals surface area contributed by atoms with Crippen LogP contribution < -0.4 is 15.0 Å². The van der Waals surface area contributed by atoms with Gasteiger partial charge in [0.05, 0.1) is 24.4 Å². The van der Waals surface area contributed by atoms with E-state index in [1.54, 1.807) is 63.2 Å². The first-order valence-electron chi connectivity index (χ1n) is 13.2. The number of hydrogen-bond donors (Lipinski definition) is 1. The van der Waals surface area contributed by atoms with Gasteiger partial charge in [0, 0.05) is 23.5 Å². The van der Waals surface area contributed by atoms with Crippen LogP contribution in [0.5, 0.6) is 5.75 Å². The number of esters is 1. The number of hydrogen-bond acceptors (Lipinski definition) is 6. The summed E-state index contributed by atoms with van der Waals surface area (Å²) >= 11 is 0. The number of amides is 2. The number of nitrogens with one attached hydrogen (secondary N) is 1. The summed E-state index contributed by atoms with van der Waals surface area (Å²) in [5.74, 6) is -8.04. The monoisotopic (exact) mass is 595 g/mol. The van der Waals surface area contributed by atoms with Gasteiger partial charge in [-0.1, -0.05) is 42.5 Å². The van der Waals surface area contributed by atoms with Gasteiger partial charge in [0.2, 0.25) is 12.1 Å². The molecule has 13 heteroatoms. The minimum absolute atomic E-state index is 0.00149. The van der Waals surface area contributed by atoms with Crippen LogP contribution in [-0.2, 0) is 19.1 Å². The van der Waals surface area contributed by atoms with Crippen molar-refractivity contribution >= 4 is 29.2 Å². The largest absolute Gasteiger partial charge is 0.485 e. The average Bonchev–Trinajstić information content (AvgIpc) is 3.09. The number of anilines is 1. The van der Waals surface area contributed by atoms with E-state index in [9.17, 15) is 36.3 Å². The lowest BCUT2D eigenvalue weighted by Crippen LogP contribution is -2.52. The van der Waals surface area contributed by atoms with E-state index in [-0.39, 0.29) is 22.7 Å². The third-order valence-corrected chi connectivity index (χ3v) is 6.42. The van der Waals surface area contributed by atoms with Crippen molar-refractivity contribution in [1.82, 2.24) is 5.32 Å². The Hall–Kier alpha value is -4.03. The van der Waals surface area contributed by atoms with Gasteiger partial charge in [-0.15, -0.1) is 0 Å². The van der Waals surface area contributed by atoms with Gasteiger partial charge in [-0.2, -0.15) is 13.2 Å². The Labute approximate surface area is 238 Å². The number of ether oxygens (including phenoxy) is 2. The predicted octanol–water partition coefficient (Wildman–Crippen LogP) is 5.03. The molecule has 1 N–H and O–H groups in total. The van der Waals surface area contributed by atoms with Crippen molar-refractivity contribution in [2.75, 3.05) is 18.1 Å². The van der Waals surface area contributed by atoms with Gasteiger partial charge in [-0.25, -0.2) is 13.8 Å². The maximum absolute atomic E-state index is 14.8. The standard InChI is InChI=1S/C29H30F5N3O5/c1-27(2,3)42-21(38)14-18(12-13-29(32,33)34)25(39)36-24-26(40)37-15-28(30,31)16-41-20-11-7-10-19(23(20)37)22(35-24)17-8-5-4-6-9-17/h4-11,18,24H,12-16H2,1-3H3,(H,36,39). The molecule has 0 saturated carbocycles. The highest BCUT2D eigenvalue weighted by molar-refractivity contribution is 6.21. The molecule has 0 radical (unpaired) electrons. The topological polar surface area (TPSA) is 97.3 Å². The normalized spacial score (nSPS) is 19.0. The number of carbonyl (C=O) groups is 3. The van der Waals surface area contributed by atoms with Crippen molar-refractivity contribution in [3.63, 3.8) is 0 Å². The van der Waals surface area contributed by atoms with Crippen molar-refractivity contribution in [3.8, 4) is 5.75 Å². The molecule has 0 bridgehead atoms. The highest BCUT2D eigenvalue weighted by Crippen LogP contribution is 2.40. The van der Waals surface area contributed by atoms with Gasteiger partial charge < -0.3 is 14.8 Å². The van der Waals surface area contributed by atoms with Gasteiger partial charge in [0.15, 0.2) is 6.61 Å². The Morgan fingerprint density at radius 3 is 2.45 bits per heavy atom. The first-order valence-corrected chi connectivity index (χ1v) is 13.2. The molecule has 2 amide bonds. The number of para-hydroxylation sites is 1. The second-order valence-electron chi connectivity index (χ2n) is 11.1. The van der Waals surface area contributed by atoms with E-state index in [2.05, 4.69) is 10.3 Å². The molecule has 2 aromatic rings. The summed E-state index contributed by atoms with van der Waals surface area (Å²) in [5, 5.41) is 2.32. The molecule has 2 heterocycles. The minimum Gasteiger partial charge on any atom is -0.485 e. The Balaban J connectivity index is 1.74. The van der Waals surface area contributed by atoms with Crippen LogP contribution in [0.15, 0.2) is 53.5 Å². The van der Waals surface area contributed by atoms with Crippen LogP contribution in [0.3, 0.4) is 0 Å². The highest BCUT2D eigenvalue weighted by Gasteiger charge is 2.45. The fourth-order valence-corrected chi connectivity index (χ4v) is 4.66. The van der Waals surface area contributed by atoms with Crippen molar-refractivity contribution in [3.05, 3.63) is 59.7 Å². The summed E-state index contributed by atoms with van der Waals surface area (Å²) in [6, 6.07) is 13.0. The number of halogens is 5. The van der Waals surface area contributed by atoms with Crippen LogP contribution in [0, 0.1) is 5.92 Å². The summed E-state index contributed by atoms with van der Waals surface area (Å²) in [4.78, 5) is 44.8. The molecule has 2 atom stereocenters. The van der Waals surface area contributed by atoms with Crippen molar-refractivity contribution in [2.45, 2.75) is 63.9 Å². The summed E-state index contributed by atoms with van der Waals surface area (Å²) in [6.07, 6.45) is -9.27. The molecule has 0 spiro atoms. The van der Waals surface area contributed by atoms with Crippen LogP contribution in [0.4, 0.5) is 27.6 Å². The predicted molar refractivity (Wildman–Crippen MR) is 142 cm³/mol. The van der Waals surface area contributed by atoms with Crippen LogP contribution in [0.1, 0.15) is 51.2 Å². The molecule has 4 rings (SSSR count). The molecule has 2 aliphatic heterocycles. The van der Waals surface area contributed by atoms with Gasteiger partial charge in [-0.3, -0.25) is 19.3 Å². The van der Waals surface area contributed by atoms with Gasteiger partial charge in [-0.05, 0) is 33.3 Å². The number of benzene rings is 2. The van der Waals surface area contributed by atoms with Crippen molar-refractivity contribution < 1.29 is 45.8 Å². The van der Waals surface area contributed by atoms with E-state index in [1.165, 1.54) is 6.07 Å². The van der Waals surface area contributed by atoms with Crippen LogP contribution in [-0.4, -0.2) is 60.5 Å². The molecule has 0 aliphatic carbocycles. The minimum atomic E-state index is -4.63. The molecule has 2 aliphatic rings. The first kappa shape index (κ1) is 30.9. The lowest BCUT2D eigenvalue weighted by Gasteiger charge is -2.27. The maximum Gasteiger partial charge on any atom is 0.389 e. The van der Waals surface area contributed by atoms with Gasteiger partial charge in [0.25, 0.3) is 11.8 Å². The summed E-state index contributed by atoms with van der Waals surface area (Å²) < 4.78 is 79.3. The molecule has 226 valence electrons. The van der Waals surface area contributed by atoms with Gasteiger partial charge >= 0.3 is 12.1 Å². The second-order valence-corrected chi connectivity index (χ2v) is 11.1. The van der Waals surface area contributed by atoms with E-state index in [4.69, 9.17) is 9.47 Å². The Bertz CT molecular complexity index is 1370. The molecule has 2 unspecified atom stereocenters. The lowest BCUT2D eigenvalue weighted by atomic mass is 9.97. The van der Waals surface area contributed by atoms with E-state index in [1.807, 2.05) is 0 Å². The lowest BCUT2D eigenvalue weighted by molar-refractivity contribution is -0.159. The van der Waals surface area contributed by atoms with E-state index >= 15 is 0 Å². The summed E-state index contributed by atoms with van der Waals surface area (Å²) in [6.45, 7) is 2.59. The molecule has 42 heavy (non-hydrogen) atoms. The summed E-state index contributed by atoms with van der Waals surface area (Å²) in [5.41, 5.74) is 0.00234. The number of nitrogens with zero attached hydrogens (tertiary/aromatic N) is 2. The van der Waals surface area contributed by atoms with Crippen molar-refractivity contribution in [2.24, 2.45) is 10.9 Å². The third kappa shape index (κ3) is 7.62. The SMILES string of the molecule is CC(C)(C)OC(=O)CC(CCC(F)(F)F)C(=O)NC1N=C(c2ccccc2)c2cccc3c2N(CC(F)(F)CO3)C1=O. The van der Waals surface area contributed by atoms with Crippen LogP contribution in [0.25, 0.3) is 0 Å². The summed E-state index contributed by atoms with van der Waals surface area (Å²) in [7, 11) is 0. The van der Waals surface area contributed by atoms with E-state index in [0.717, 1.165) is 4.90 Å². The first-order chi connectivity index (χ1) is 19.5. The Morgan fingerprint density at radius 1 is 1.12 bits per heavy atom. The fourth-order valence-electron chi connectivity index (χ4n) is 4.66. The molecule has 2 aromatic carbocycles. The van der Waals surface area contributed by atoms with E-state index in [0.29, 0.717) is 5.56 Å². The van der Waals surface area contributed by atoms with E-state index < -0.39 is 80.0 Å². The van der Waals surface area contributed by atoms with Crippen LogP contribution >= 0.6 is 0 Å². The molecular formula is C29H30F5N3O5. The average molecular weight is 596 g/mol. The fraction of sp³-hybridized carbons (Fsp3) is 0.448. The smallest absolute Gasteiger partial charge is 0.389 e. The number of rotatable bonds is 7. The Morgan fingerprint density at radius 2 is 1.81 bits per heavy atom. The Kier molecular flexibility index (Phi) is 8.60. The molecular weight excluding hydrogens is 565 g/mol. The maximum atomic E-state index is 14.8. The zero-order valence-electron chi connectivity index (χ0n) is 23.1. The van der Waals surface area contributed by atoms with Gasteiger partial charge in [0.1, 0.15) is 11.4 Å². The highest BCUT2D eigenvalue weighted by atomic mass is 19.4. The quantitative estimate of drug-likeness (QED) is 0.358. The zero-order chi connectivity index (χ0) is 30.9. The molecule has 0 saturated heterocycles. The second kappa shape index (κ2) is 11.7. The number of alkyl halides is 5. The third-order valence-electron chi connectivity index (χ3n) is 6.42. The van der Waals surface area contributed by atoms with Crippen LogP contribution in [0.2, 0.25) is 0 Å².